The summed E-state index contributed by atoms with van der Waals surface area (Å²) in [6.45, 7) is 0. The quantitative estimate of drug-likeness (QED) is 0.329. The second-order valence-corrected chi connectivity index (χ2v) is 0.447. The molecule has 0 aliphatic heterocycles. The Morgan fingerprint density at radius 2 is 0.889 bits per heavy atom. The number of hydrogen-bond acceptors (Lipinski definition) is 6. The van der Waals surface area contributed by atoms with Crippen molar-refractivity contribution < 1.29 is 80.5 Å². The molecule has 0 aromatic heterocycles. The molecule has 0 rings (SSSR count). The van der Waals surface area contributed by atoms with Gasteiger partial charge in [-0.25, -0.2) is 0 Å². The van der Waals surface area contributed by atoms with Gasteiger partial charge in [-0.2, -0.15) is 0 Å². The molecular formula is HCsN2O6. The maximum atomic E-state index is 8.25. The van der Waals surface area contributed by atoms with Crippen molar-refractivity contribution in [1.82, 2.24) is 0 Å². The van der Waals surface area contributed by atoms with E-state index in [0.717, 1.165) is 0 Å². The second-order valence-electron chi connectivity index (χ2n) is 0.447. The summed E-state index contributed by atoms with van der Waals surface area (Å²) in [7, 11) is 0. The van der Waals surface area contributed by atoms with Gasteiger partial charge >= 0.3 is 70.3 Å². The van der Waals surface area contributed by atoms with Gasteiger partial charge in [-0.15, -0.1) is 0 Å². The zero-order chi connectivity index (χ0) is 7.15. The minimum atomic E-state index is -1.75. The van der Waals surface area contributed by atoms with Crippen LogP contribution in [0.5, 0.6) is 0 Å². The molecule has 0 aliphatic rings. The van der Waals surface area contributed by atoms with Crippen LogP contribution in [0.4, 0.5) is 0 Å². The zero-order valence-corrected chi connectivity index (χ0v) is 10.6. The van der Waals surface area contributed by atoms with E-state index in [0.29, 0.717) is 0 Å². The van der Waals surface area contributed by atoms with Gasteiger partial charge in [-0.05, 0) is 0 Å². The summed E-state index contributed by atoms with van der Waals surface area (Å²) in [5.74, 6) is 0. The smallest absolute Gasteiger partial charge is 0.356 e. The molecule has 9 heavy (non-hydrogen) atoms. The van der Waals surface area contributed by atoms with Crippen molar-refractivity contribution >= 4 is 0 Å². The maximum Gasteiger partial charge on any atom is 1.00 e. The fourth-order valence-corrected chi connectivity index (χ4v) is 0. The minimum absolute atomic E-state index is 0. The molecule has 8 nitrogen and oxygen atoms in total. The summed E-state index contributed by atoms with van der Waals surface area (Å²) in [5, 5.41) is 29.5. The van der Waals surface area contributed by atoms with Crippen LogP contribution in [0.25, 0.3) is 0 Å². The van der Waals surface area contributed by atoms with Gasteiger partial charge in [0.05, 0.1) is 10.2 Å². The molecule has 0 N–H and O–H groups in total. The van der Waals surface area contributed by atoms with E-state index >= 15 is 0 Å². The average molecular weight is 258 g/mol. The molecule has 0 atom stereocenters. The Morgan fingerprint density at radius 3 is 0.889 bits per heavy atom. The van der Waals surface area contributed by atoms with E-state index in [4.69, 9.17) is 30.6 Å². The van der Waals surface area contributed by atoms with E-state index in [-0.39, 0.29) is 70.3 Å². The van der Waals surface area contributed by atoms with Gasteiger partial charge in [0.15, 0.2) is 0 Å². The first-order valence-electron chi connectivity index (χ1n) is 1.10. The largest absolute Gasteiger partial charge is 1.00 e. The Labute approximate surface area is 109 Å². The van der Waals surface area contributed by atoms with Gasteiger partial charge in [0.25, 0.3) is 0 Å². The van der Waals surface area contributed by atoms with E-state index in [9.17, 15) is 0 Å². The Hall–Kier alpha value is 0.452. The van der Waals surface area contributed by atoms with Crippen LogP contribution in [0, 0.1) is 30.6 Å². The minimum Gasteiger partial charge on any atom is -0.356 e. The van der Waals surface area contributed by atoms with Crippen LogP contribution in [0.1, 0.15) is 1.43 Å². The fraction of sp³-hybridized carbons (Fsp3) is 0. The molecular weight excluding hydrogens is 257 g/mol. The summed E-state index contributed by atoms with van der Waals surface area (Å²) in [6, 6.07) is 0. The summed E-state index contributed by atoms with van der Waals surface area (Å²) < 4.78 is 0. The molecule has 48 valence electrons. The van der Waals surface area contributed by atoms with Gasteiger partial charge in [-0.3, -0.25) is 0 Å². The molecule has 0 bridgehead atoms. The molecule has 0 aliphatic carbocycles. The van der Waals surface area contributed by atoms with Gasteiger partial charge in [-0.1, -0.05) is 0 Å². The van der Waals surface area contributed by atoms with Crippen molar-refractivity contribution in [3.05, 3.63) is 30.6 Å². The molecule has 0 fully saturated rings. The molecule has 0 unspecified atom stereocenters. The van der Waals surface area contributed by atoms with Gasteiger partial charge in [0.2, 0.25) is 0 Å². The van der Waals surface area contributed by atoms with E-state index < -0.39 is 10.2 Å². The monoisotopic (exact) mass is 258 g/mol. The average Bonchev–Trinajstić information content (AvgIpc) is 1.25. The Bertz CT molecular complexity index is 73.7. The van der Waals surface area contributed by atoms with Gasteiger partial charge < -0.3 is 30.6 Å². The van der Waals surface area contributed by atoms with Crippen molar-refractivity contribution in [3.8, 4) is 0 Å². The van der Waals surface area contributed by atoms with Crippen LogP contribution in [-0.4, -0.2) is 10.2 Å². The predicted molar refractivity (Wildman–Crippen MR) is 21.8 cm³/mol. The van der Waals surface area contributed by atoms with Crippen molar-refractivity contribution in [2.24, 2.45) is 0 Å². The third-order valence-corrected chi connectivity index (χ3v) is 0. The topological polar surface area (TPSA) is 132 Å². The first-order chi connectivity index (χ1) is 3.46. The first kappa shape index (κ1) is 16.2. The van der Waals surface area contributed by atoms with Crippen molar-refractivity contribution in [3.63, 3.8) is 0 Å². The van der Waals surface area contributed by atoms with Crippen LogP contribution >= 0.6 is 0 Å². The second kappa shape index (κ2) is 11.3. The Balaban J connectivity index is -0.0000000300. The molecule has 9 heteroatoms. The Kier molecular flexibility index (Phi) is 20.3. The van der Waals surface area contributed by atoms with E-state index in [1.54, 1.807) is 0 Å². The summed E-state index contributed by atoms with van der Waals surface area (Å²) in [6.07, 6.45) is 0. The van der Waals surface area contributed by atoms with Crippen LogP contribution in [0.3, 0.4) is 0 Å². The molecule has 0 amide bonds. The summed E-state index contributed by atoms with van der Waals surface area (Å²) in [4.78, 5) is 16.5. The normalized spacial score (nSPS) is 5.33. The van der Waals surface area contributed by atoms with Crippen molar-refractivity contribution in [2.45, 2.75) is 0 Å². The standard InChI is InChI=1S/Cs.2NO3/c;2*2-1(3)4/q+1;2*-1/p+1. The third kappa shape index (κ3) is 1720. The zero-order valence-electron chi connectivity index (χ0n) is 5.34. The van der Waals surface area contributed by atoms with Crippen molar-refractivity contribution in [2.75, 3.05) is 0 Å². The van der Waals surface area contributed by atoms with E-state index in [1.165, 1.54) is 0 Å². The number of nitrogens with zero attached hydrogens (tertiary/aromatic N) is 2. The molecule has 0 aromatic rings. The Morgan fingerprint density at radius 1 is 0.889 bits per heavy atom. The molecule has 0 saturated heterocycles. The summed E-state index contributed by atoms with van der Waals surface area (Å²) >= 11 is 0. The number of hydrogen-bond donors (Lipinski definition) is 0. The molecule has 0 heterocycles. The van der Waals surface area contributed by atoms with Crippen LogP contribution in [0.2, 0.25) is 0 Å². The van der Waals surface area contributed by atoms with Gasteiger partial charge in [0.1, 0.15) is 0 Å². The fourth-order valence-electron chi connectivity index (χ4n) is 0. The van der Waals surface area contributed by atoms with Crippen LogP contribution < -0.4 is 68.9 Å². The van der Waals surface area contributed by atoms with E-state index in [1.807, 2.05) is 0 Å². The third-order valence-electron chi connectivity index (χ3n) is 0. The molecule has 0 spiro atoms. The van der Waals surface area contributed by atoms with Crippen LogP contribution in [0.15, 0.2) is 0 Å². The van der Waals surface area contributed by atoms with Crippen LogP contribution in [-0.2, 0) is 0 Å². The van der Waals surface area contributed by atoms with Crippen molar-refractivity contribution in [1.29, 1.82) is 0 Å². The predicted octanol–water partition coefficient (Wildman–Crippen LogP) is -3.36. The molecule has 0 radical (unpaired) electrons. The number of rotatable bonds is 0. The van der Waals surface area contributed by atoms with Gasteiger partial charge in [0, 0.05) is 0 Å². The van der Waals surface area contributed by atoms with E-state index in [2.05, 4.69) is 0 Å². The SMILES string of the molecule is O=[N+]([O-])[O-].O=[N+]([O-])[O-].[Cs+].[H+]. The summed E-state index contributed by atoms with van der Waals surface area (Å²) in [5.41, 5.74) is 0. The molecule has 0 saturated carbocycles. The first-order valence-corrected chi connectivity index (χ1v) is 1.10. The molecule has 0 aromatic carbocycles. The maximum absolute atomic E-state index is 8.25.